The van der Waals surface area contributed by atoms with Crippen molar-refractivity contribution < 1.29 is 23.5 Å². The van der Waals surface area contributed by atoms with E-state index >= 15 is 0 Å². The van der Waals surface area contributed by atoms with Crippen LogP contribution in [0.4, 0.5) is 0 Å². The van der Waals surface area contributed by atoms with E-state index in [1.54, 1.807) is 19.4 Å². The maximum atomic E-state index is 13.3. The Labute approximate surface area is 179 Å². The standard InChI is InChI=1S/C22H24N2O5S/c1-27-18-7-3-2-6-17(18)19-20(30-15-16-5-4-12-29-16)22(26)24(21(19)25)9-8-23-10-13-28-14-11-23/h2-7,12H,8-11,13-15H2,1H3. The molecule has 0 unspecified atom stereocenters. The zero-order chi connectivity index (χ0) is 20.9. The van der Waals surface area contributed by atoms with Crippen molar-refractivity contribution in [2.45, 2.75) is 5.75 Å². The Balaban J connectivity index is 1.60. The molecule has 0 bridgehead atoms. The monoisotopic (exact) mass is 428 g/mol. The normalized spacial score (nSPS) is 17.8. The lowest BCUT2D eigenvalue weighted by Gasteiger charge is -2.28. The summed E-state index contributed by atoms with van der Waals surface area (Å²) in [4.78, 5) is 30.6. The molecule has 1 aromatic heterocycles. The van der Waals surface area contributed by atoms with E-state index in [0.29, 0.717) is 53.8 Å². The fourth-order valence-corrected chi connectivity index (χ4v) is 4.61. The highest BCUT2D eigenvalue weighted by molar-refractivity contribution is 8.03. The molecule has 7 nitrogen and oxygen atoms in total. The van der Waals surface area contributed by atoms with Gasteiger partial charge in [0, 0.05) is 31.7 Å². The molecule has 1 saturated heterocycles. The van der Waals surface area contributed by atoms with Gasteiger partial charge in [-0.15, -0.1) is 11.8 Å². The van der Waals surface area contributed by atoms with Gasteiger partial charge in [0.25, 0.3) is 11.8 Å². The molecule has 0 N–H and O–H groups in total. The maximum Gasteiger partial charge on any atom is 0.268 e. The molecule has 30 heavy (non-hydrogen) atoms. The number of carbonyl (C=O) groups excluding carboxylic acids is 2. The molecule has 8 heteroatoms. The summed E-state index contributed by atoms with van der Waals surface area (Å²) in [5, 5.41) is 0. The first-order valence-electron chi connectivity index (χ1n) is 9.88. The largest absolute Gasteiger partial charge is 0.496 e. The Morgan fingerprint density at radius 2 is 1.83 bits per heavy atom. The summed E-state index contributed by atoms with van der Waals surface area (Å²) >= 11 is 1.33. The van der Waals surface area contributed by atoms with Crippen LogP contribution in [0.15, 0.2) is 52.0 Å². The summed E-state index contributed by atoms with van der Waals surface area (Å²) in [5.41, 5.74) is 1.03. The molecule has 4 rings (SSSR count). The van der Waals surface area contributed by atoms with Crippen LogP contribution in [0.1, 0.15) is 11.3 Å². The Morgan fingerprint density at radius 1 is 1.03 bits per heavy atom. The Hall–Kier alpha value is -2.55. The Bertz CT molecular complexity index is 935. The third kappa shape index (κ3) is 4.30. The van der Waals surface area contributed by atoms with Gasteiger partial charge in [0.05, 0.1) is 42.8 Å². The zero-order valence-electron chi connectivity index (χ0n) is 16.8. The number of morpholine rings is 1. The molecule has 2 aliphatic rings. The third-order valence-corrected chi connectivity index (χ3v) is 6.28. The van der Waals surface area contributed by atoms with Crippen molar-refractivity contribution in [3.63, 3.8) is 0 Å². The van der Waals surface area contributed by atoms with Crippen LogP contribution in [0.25, 0.3) is 5.57 Å². The van der Waals surface area contributed by atoms with Gasteiger partial charge >= 0.3 is 0 Å². The molecule has 2 aliphatic heterocycles. The van der Waals surface area contributed by atoms with E-state index in [1.165, 1.54) is 16.7 Å². The molecule has 1 fully saturated rings. The van der Waals surface area contributed by atoms with Gasteiger partial charge in [0.15, 0.2) is 0 Å². The molecule has 0 saturated carbocycles. The molecule has 158 valence electrons. The second-order valence-corrected chi connectivity index (χ2v) is 7.97. The lowest BCUT2D eigenvalue weighted by Crippen LogP contribution is -2.43. The number of imide groups is 1. The fourth-order valence-electron chi connectivity index (χ4n) is 3.58. The number of amides is 2. The van der Waals surface area contributed by atoms with Gasteiger partial charge in [-0.3, -0.25) is 19.4 Å². The van der Waals surface area contributed by atoms with E-state index in [1.807, 2.05) is 30.3 Å². The van der Waals surface area contributed by atoms with Crippen molar-refractivity contribution in [1.29, 1.82) is 0 Å². The number of rotatable bonds is 8. The second-order valence-electron chi connectivity index (χ2n) is 6.99. The molecule has 2 aromatic rings. The van der Waals surface area contributed by atoms with Crippen LogP contribution < -0.4 is 4.74 Å². The molecule has 0 aliphatic carbocycles. The summed E-state index contributed by atoms with van der Waals surface area (Å²) in [6.45, 7) is 3.96. The Morgan fingerprint density at radius 3 is 2.57 bits per heavy atom. The third-order valence-electron chi connectivity index (χ3n) is 5.18. The molecular formula is C22H24N2O5S. The number of benzene rings is 1. The van der Waals surface area contributed by atoms with Gasteiger partial charge in [0.1, 0.15) is 11.5 Å². The summed E-state index contributed by atoms with van der Waals surface area (Å²) in [7, 11) is 1.56. The van der Waals surface area contributed by atoms with Crippen molar-refractivity contribution in [2.24, 2.45) is 0 Å². The van der Waals surface area contributed by atoms with Gasteiger partial charge < -0.3 is 13.9 Å². The summed E-state index contributed by atoms with van der Waals surface area (Å²) in [6, 6.07) is 11.0. The van der Waals surface area contributed by atoms with E-state index in [9.17, 15) is 9.59 Å². The van der Waals surface area contributed by atoms with E-state index in [0.717, 1.165) is 18.8 Å². The predicted molar refractivity (Wildman–Crippen MR) is 114 cm³/mol. The van der Waals surface area contributed by atoms with Crippen molar-refractivity contribution >= 4 is 29.1 Å². The molecule has 2 amide bonds. The van der Waals surface area contributed by atoms with Crippen LogP contribution >= 0.6 is 11.8 Å². The minimum Gasteiger partial charge on any atom is -0.496 e. The first-order valence-corrected chi connectivity index (χ1v) is 10.9. The first-order chi connectivity index (χ1) is 14.7. The number of hydrogen-bond acceptors (Lipinski definition) is 7. The number of hydrogen-bond donors (Lipinski definition) is 0. The van der Waals surface area contributed by atoms with Gasteiger partial charge in [-0.2, -0.15) is 0 Å². The molecule has 0 spiro atoms. The number of thioether (sulfide) groups is 1. The lowest BCUT2D eigenvalue weighted by molar-refractivity contribution is -0.136. The van der Waals surface area contributed by atoms with Gasteiger partial charge in [-0.05, 0) is 18.2 Å². The van der Waals surface area contributed by atoms with Crippen LogP contribution in [-0.4, -0.2) is 68.1 Å². The minimum absolute atomic E-state index is 0.259. The fraction of sp³-hybridized carbons (Fsp3) is 0.364. The van der Waals surface area contributed by atoms with Crippen LogP contribution in [0.2, 0.25) is 0 Å². The average Bonchev–Trinajstić information content (AvgIpc) is 3.38. The average molecular weight is 429 g/mol. The topological polar surface area (TPSA) is 72.2 Å². The van der Waals surface area contributed by atoms with Crippen LogP contribution in [-0.2, 0) is 20.1 Å². The number of methoxy groups -OCH3 is 1. The molecule has 0 radical (unpaired) electrons. The van der Waals surface area contributed by atoms with Crippen LogP contribution in [0, 0.1) is 0 Å². The van der Waals surface area contributed by atoms with Crippen molar-refractivity contribution in [3.05, 3.63) is 58.9 Å². The second kappa shape index (κ2) is 9.51. The van der Waals surface area contributed by atoms with Gasteiger partial charge in [0.2, 0.25) is 0 Å². The van der Waals surface area contributed by atoms with Crippen molar-refractivity contribution in [3.8, 4) is 5.75 Å². The summed E-state index contributed by atoms with van der Waals surface area (Å²) in [5.74, 6) is 1.25. The highest BCUT2D eigenvalue weighted by Crippen LogP contribution is 2.40. The van der Waals surface area contributed by atoms with E-state index in [4.69, 9.17) is 13.9 Å². The molecule has 1 aromatic carbocycles. The quantitative estimate of drug-likeness (QED) is 0.599. The highest BCUT2D eigenvalue weighted by atomic mass is 32.2. The number of para-hydroxylation sites is 1. The lowest BCUT2D eigenvalue weighted by atomic mass is 10.1. The Kier molecular flexibility index (Phi) is 6.56. The van der Waals surface area contributed by atoms with Gasteiger partial charge in [-0.25, -0.2) is 0 Å². The van der Waals surface area contributed by atoms with E-state index in [2.05, 4.69) is 4.90 Å². The predicted octanol–water partition coefficient (Wildman–Crippen LogP) is 2.63. The molecular weight excluding hydrogens is 404 g/mol. The van der Waals surface area contributed by atoms with Crippen LogP contribution in [0.5, 0.6) is 5.75 Å². The number of ether oxygens (including phenoxy) is 2. The van der Waals surface area contributed by atoms with Gasteiger partial charge in [-0.1, -0.05) is 18.2 Å². The molecule has 0 atom stereocenters. The first kappa shape index (κ1) is 20.7. The van der Waals surface area contributed by atoms with E-state index in [-0.39, 0.29) is 11.8 Å². The van der Waals surface area contributed by atoms with Crippen molar-refractivity contribution in [1.82, 2.24) is 9.80 Å². The summed E-state index contributed by atoms with van der Waals surface area (Å²) in [6.07, 6.45) is 1.60. The smallest absolute Gasteiger partial charge is 0.268 e. The highest BCUT2D eigenvalue weighted by Gasteiger charge is 2.40. The molecule has 3 heterocycles. The number of carbonyl (C=O) groups is 2. The number of furan rings is 1. The minimum atomic E-state index is -0.278. The summed E-state index contributed by atoms with van der Waals surface area (Å²) < 4.78 is 16.2. The zero-order valence-corrected chi connectivity index (χ0v) is 17.7. The SMILES string of the molecule is COc1ccccc1C1=C(SCc2ccco2)C(=O)N(CCN2CCOCC2)C1=O. The van der Waals surface area contributed by atoms with Crippen LogP contribution in [0.3, 0.4) is 0 Å². The maximum absolute atomic E-state index is 13.3. The van der Waals surface area contributed by atoms with E-state index < -0.39 is 0 Å². The number of nitrogens with zero attached hydrogens (tertiary/aromatic N) is 2. The van der Waals surface area contributed by atoms with Crippen molar-refractivity contribution in [2.75, 3.05) is 46.5 Å².